The molecule has 5 heteroatoms. The SMILES string of the molecule is CC12CCCCC1(C)N(c1ccc3c(c1)c1cc4c(cc1n3-c1cccc([Si](c3ccccc3)(c3ccccc3)c3ccc(-c5ccccc5)cc3)c1)[Si](C)(c1ccccc1)Cc1ccc(-c3cccnc3)cc1-4)c1ccccc12. The summed E-state index contributed by atoms with van der Waals surface area (Å²) in [5.74, 6) is 0. The molecule has 12 aromatic rings. The summed E-state index contributed by atoms with van der Waals surface area (Å²) in [6, 6.07) is 98.8. The van der Waals surface area contributed by atoms with Crippen LogP contribution in [-0.2, 0) is 11.5 Å². The van der Waals surface area contributed by atoms with E-state index in [1.807, 2.05) is 12.4 Å². The molecule has 2 aromatic heterocycles. The van der Waals surface area contributed by atoms with Crippen molar-refractivity contribution in [2.24, 2.45) is 0 Å². The number of fused-ring (bicyclic) bond motifs is 9. The molecule has 3 unspecified atom stereocenters. The van der Waals surface area contributed by atoms with Gasteiger partial charge in [-0.1, -0.05) is 226 Å². The minimum atomic E-state index is -2.98. The van der Waals surface area contributed by atoms with Gasteiger partial charge in [0.2, 0.25) is 0 Å². The molecular formula is C75H63N3Si2. The molecule has 1 saturated carbocycles. The van der Waals surface area contributed by atoms with Crippen LogP contribution in [0, 0.1) is 0 Å². The van der Waals surface area contributed by atoms with E-state index >= 15 is 0 Å². The van der Waals surface area contributed by atoms with Gasteiger partial charge in [-0.3, -0.25) is 4.98 Å². The van der Waals surface area contributed by atoms with E-state index in [0.717, 1.165) is 18.0 Å². The number of aromatic nitrogens is 2. The van der Waals surface area contributed by atoms with E-state index in [9.17, 15) is 0 Å². The maximum atomic E-state index is 4.57. The van der Waals surface area contributed by atoms with Gasteiger partial charge in [-0.05, 0) is 151 Å². The number of nitrogens with zero attached hydrogens (tertiary/aromatic N) is 3. The van der Waals surface area contributed by atoms with Crippen LogP contribution in [0.25, 0.3) is 60.9 Å². The fourth-order valence-corrected chi connectivity index (χ4v) is 24.0. The summed E-state index contributed by atoms with van der Waals surface area (Å²) < 4.78 is 2.64. The second-order valence-corrected chi connectivity index (χ2v) is 31.5. The minimum absolute atomic E-state index is 0.0439. The predicted octanol–water partition coefficient (Wildman–Crippen LogP) is 14.6. The van der Waals surface area contributed by atoms with Crippen molar-refractivity contribution in [3.05, 3.63) is 278 Å². The van der Waals surface area contributed by atoms with Crippen LogP contribution in [-0.4, -0.2) is 31.2 Å². The number of anilines is 2. The van der Waals surface area contributed by atoms with Gasteiger partial charge in [0, 0.05) is 51.2 Å². The number of benzene rings is 10. The Kier molecular flexibility index (Phi) is 11.4. The maximum Gasteiger partial charge on any atom is 0.179 e. The third kappa shape index (κ3) is 7.26. The number of hydrogen-bond acceptors (Lipinski definition) is 2. The molecule has 80 heavy (non-hydrogen) atoms. The molecular weight excluding hydrogens is 999 g/mol. The molecule has 3 nitrogen and oxygen atoms in total. The van der Waals surface area contributed by atoms with Crippen LogP contribution in [0.2, 0.25) is 6.55 Å². The van der Waals surface area contributed by atoms with Crippen molar-refractivity contribution >= 4 is 80.4 Å². The second-order valence-electron chi connectivity index (χ2n) is 23.6. The molecule has 0 spiro atoms. The highest BCUT2D eigenvalue weighted by Crippen LogP contribution is 2.61. The van der Waals surface area contributed by atoms with Gasteiger partial charge in [0.1, 0.15) is 8.07 Å². The molecule has 2 aliphatic heterocycles. The lowest BCUT2D eigenvalue weighted by molar-refractivity contribution is 0.195. The second kappa shape index (κ2) is 18.8. The average molecular weight is 1060 g/mol. The molecule has 1 fully saturated rings. The monoisotopic (exact) mass is 1060 g/mol. The van der Waals surface area contributed by atoms with Gasteiger partial charge in [-0.15, -0.1) is 0 Å². The highest BCUT2D eigenvalue weighted by Gasteiger charge is 2.57. The van der Waals surface area contributed by atoms with Crippen LogP contribution in [0.15, 0.2) is 267 Å². The largest absolute Gasteiger partial charge is 0.334 e. The molecule has 386 valence electrons. The Labute approximate surface area is 472 Å². The lowest BCUT2D eigenvalue weighted by Gasteiger charge is -2.50. The molecule has 1 aliphatic carbocycles. The van der Waals surface area contributed by atoms with E-state index in [4.69, 9.17) is 0 Å². The maximum absolute atomic E-state index is 4.57. The zero-order valence-corrected chi connectivity index (χ0v) is 47.8. The van der Waals surface area contributed by atoms with Crippen LogP contribution in [0.5, 0.6) is 0 Å². The molecule has 0 amide bonds. The zero-order valence-electron chi connectivity index (χ0n) is 45.8. The third-order valence-corrected chi connectivity index (χ3v) is 28.6. The molecule has 0 bridgehead atoms. The van der Waals surface area contributed by atoms with Crippen LogP contribution in [0.1, 0.15) is 50.7 Å². The predicted molar refractivity (Wildman–Crippen MR) is 342 cm³/mol. The van der Waals surface area contributed by atoms with Crippen molar-refractivity contribution in [3.63, 3.8) is 0 Å². The average Bonchev–Trinajstić information content (AvgIpc) is 3.82. The summed E-state index contributed by atoms with van der Waals surface area (Å²) in [6.07, 6.45) is 8.72. The highest BCUT2D eigenvalue weighted by atomic mass is 28.3. The topological polar surface area (TPSA) is 21.1 Å². The molecule has 10 aromatic carbocycles. The van der Waals surface area contributed by atoms with Crippen molar-refractivity contribution in [1.82, 2.24) is 9.55 Å². The smallest absolute Gasteiger partial charge is 0.179 e. The van der Waals surface area contributed by atoms with E-state index in [1.54, 1.807) is 0 Å². The Morgan fingerprint density at radius 2 is 1.09 bits per heavy atom. The normalized spacial score (nSPS) is 19.3. The standard InChI is InChI=1S/C75H63N3Si2/c1-74-43-18-19-44-75(74,2)78(71-34-17-16-33-69(71)74)59-39-42-70-66(48-59)67-49-68-65-46-55(56-24-21-45-76-51-56)35-36-57(65)52-79(3,60-26-10-5-11-27-60)73(68)50-72(67)77(70)58-25-20-32-64(47-58)80(61-28-12-6-13-29-61,62-30-14-7-15-31-62)63-40-37-54(38-41-63)53-22-8-4-9-23-53/h4-17,20-42,45-51H,18-19,43-44,52H2,1-3H3. The van der Waals surface area contributed by atoms with E-state index in [-0.39, 0.29) is 11.0 Å². The summed E-state index contributed by atoms with van der Waals surface area (Å²) in [5.41, 5.74) is 16.6. The molecule has 0 N–H and O–H groups in total. The van der Waals surface area contributed by atoms with Crippen molar-refractivity contribution in [3.8, 4) is 39.1 Å². The van der Waals surface area contributed by atoms with Gasteiger partial charge in [-0.25, -0.2) is 0 Å². The Morgan fingerprint density at radius 1 is 0.463 bits per heavy atom. The van der Waals surface area contributed by atoms with Crippen LogP contribution in [0.3, 0.4) is 0 Å². The molecule has 15 rings (SSSR count). The van der Waals surface area contributed by atoms with Crippen molar-refractivity contribution in [1.29, 1.82) is 0 Å². The Bertz CT molecular complexity index is 4270. The molecule has 3 atom stereocenters. The fraction of sp³-hybridized carbons (Fsp3) is 0.133. The van der Waals surface area contributed by atoms with Crippen molar-refractivity contribution < 1.29 is 0 Å². The number of rotatable bonds is 9. The van der Waals surface area contributed by atoms with Crippen LogP contribution >= 0.6 is 0 Å². The van der Waals surface area contributed by atoms with E-state index in [1.165, 1.54) is 128 Å². The first kappa shape index (κ1) is 48.5. The van der Waals surface area contributed by atoms with Gasteiger partial charge in [-0.2, -0.15) is 0 Å². The quantitative estimate of drug-likeness (QED) is 0.106. The van der Waals surface area contributed by atoms with Crippen molar-refractivity contribution in [2.45, 2.75) is 63.1 Å². The van der Waals surface area contributed by atoms with E-state index in [2.05, 4.69) is 290 Å². The first-order valence-corrected chi connectivity index (χ1v) is 33.5. The highest BCUT2D eigenvalue weighted by molar-refractivity contribution is 7.20. The Balaban J connectivity index is 1.01. The van der Waals surface area contributed by atoms with Crippen LogP contribution in [0.4, 0.5) is 11.4 Å². The Morgan fingerprint density at radius 3 is 1.82 bits per heavy atom. The van der Waals surface area contributed by atoms with Crippen LogP contribution < -0.4 is 36.0 Å². The van der Waals surface area contributed by atoms with Gasteiger partial charge in [0.05, 0.1) is 16.6 Å². The summed E-state index contributed by atoms with van der Waals surface area (Å²) in [7, 11) is -5.39. The molecule has 0 radical (unpaired) electrons. The summed E-state index contributed by atoms with van der Waals surface area (Å²) in [6.45, 7) is 7.72. The van der Waals surface area contributed by atoms with E-state index in [0.29, 0.717) is 0 Å². The van der Waals surface area contributed by atoms with Gasteiger partial charge >= 0.3 is 0 Å². The molecule has 0 saturated heterocycles. The fourth-order valence-electron chi connectivity index (χ4n) is 15.3. The zero-order chi connectivity index (χ0) is 53.6. The summed E-state index contributed by atoms with van der Waals surface area (Å²) in [5, 5.41) is 10.9. The van der Waals surface area contributed by atoms with Gasteiger partial charge < -0.3 is 9.47 Å². The first-order chi connectivity index (χ1) is 39.3. The van der Waals surface area contributed by atoms with Crippen molar-refractivity contribution in [2.75, 3.05) is 4.90 Å². The minimum Gasteiger partial charge on any atom is -0.334 e. The van der Waals surface area contributed by atoms with Gasteiger partial charge in [0.15, 0.2) is 8.07 Å². The molecule has 3 aliphatic rings. The number of pyridine rings is 1. The summed E-state index contributed by atoms with van der Waals surface area (Å²) in [4.78, 5) is 7.32. The molecule has 4 heterocycles. The summed E-state index contributed by atoms with van der Waals surface area (Å²) >= 11 is 0. The number of para-hydroxylation sites is 1. The lowest BCUT2D eigenvalue weighted by Crippen LogP contribution is -2.74. The number of hydrogen-bond donors (Lipinski definition) is 0. The third-order valence-electron chi connectivity index (χ3n) is 19.5. The first-order valence-electron chi connectivity index (χ1n) is 28.8. The lowest BCUT2D eigenvalue weighted by atomic mass is 9.61. The van der Waals surface area contributed by atoms with E-state index < -0.39 is 16.1 Å². The Hall–Kier alpha value is -8.62. The van der Waals surface area contributed by atoms with Gasteiger partial charge in [0.25, 0.3) is 0 Å².